The first-order valence-electron chi connectivity index (χ1n) is 11.5. The van der Waals surface area contributed by atoms with Gasteiger partial charge in [-0.2, -0.15) is 0 Å². The van der Waals surface area contributed by atoms with Crippen molar-refractivity contribution in [3.05, 3.63) is 56.6 Å². The van der Waals surface area contributed by atoms with Crippen molar-refractivity contribution in [2.24, 2.45) is 0 Å². The summed E-state index contributed by atoms with van der Waals surface area (Å²) in [6.45, 7) is 4.03. The molecule has 1 aromatic carbocycles. The van der Waals surface area contributed by atoms with Crippen molar-refractivity contribution in [1.82, 2.24) is 19.4 Å². The largest absolute Gasteiger partial charge is 0.497 e. The number of carbonyl (C=O) groups excluding carboxylic acids is 1. The third-order valence-corrected chi connectivity index (χ3v) is 8.42. The zero-order valence-corrected chi connectivity index (χ0v) is 19.6. The van der Waals surface area contributed by atoms with Crippen molar-refractivity contribution in [2.75, 3.05) is 20.2 Å². The van der Waals surface area contributed by atoms with Crippen molar-refractivity contribution in [3.63, 3.8) is 0 Å². The summed E-state index contributed by atoms with van der Waals surface area (Å²) in [5.74, 6) is 2.13. The summed E-state index contributed by atoms with van der Waals surface area (Å²) in [6.07, 6.45) is 5.71. The molecule has 2 aliphatic heterocycles. The van der Waals surface area contributed by atoms with Gasteiger partial charge in [-0.15, -0.1) is 11.3 Å². The Balaban J connectivity index is 1.24. The van der Waals surface area contributed by atoms with Crippen molar-refractivity contribution in [1.29, 1.82) is 0 Å². The number of H-pyrrole nitrogens is 1. The Labute approximate surface area is 195 Å². The van der Waals surface area contributed by atoms with Gasteiger partial charge in [0, 0.05) is 43.2 Å². The summed E-state index contributed by atoms with van der Waals surface area (Å²) >= 11 is 1.38. The molecular weight excluding hydrogens is 436 g/mol. The van der Waals surface area contributed by atoms with Gasteiger partial charge in [-0.25, -0.2) is 4.98 Å². The number of carbonyl (C=O) groups is 1. The zero-order valence-electron chi connectivity index (χ0n) is 18.8. The molecule has 2 aliphatic rings. The Morgan fingerprint density at radius 2 is 2.06 bits per heavy atom. The lowest BCUT2D eigenvalue weighted by Crippen LogP contribution is -2.37. The number of nitrogens with one attached hydrogen (secondary N) is 1. The first-order chi connectivity index (χ1) is 16.0. The van der Waals surface area contributed by atoms with Gasteiger partial charge in [0.05, 0.1) is 17.4 Å². The van der Waals surface area contributed by atoms with Crippen molar-refractivity contribution >= 4 is 38.4 Å². The highest BCUT2D eigenvalue weighted by Gasteiger charge is 2.29. The number of methoxy groups -OCH3 is 1. The fourth-order valence-corrected chi connectivity index (χ4v) is 6.56. The number of hydrogen-bond acceptors (Lipinski definition) is 5. The lowest BCUT2D eigenvalue weighted by Gasteiger charge is -2.32. The van der Waals surface area contributed by atoms with Crippen molar-refractivity contribution in [3.8, 4) is 5.75 Å². The fraction of sp³-hybridized carbons (Fsp3) is 0.400. The average molecular weight is 463 g/mol. The predicted molar refractivity (Wildman–Crippen MR) is 130 cm³/mol. The molecule has 1 N–H and O–H groups in total. The van der Waals surface area contributed by atoms with Gasteiger partial charge >= 0.3 is 0 Å². The molecule has 1 saturated heterocycles. The number of aromatic amines is 1. The Kier molecular flexibility index (Phi) is 4.79. The maximum atomic E-state index is 13.4. The second kappa shape index (κ2) is 7.73. The quantitative estimate of drug-likeness (QED) is 0.494. The van der Waals surface area contributed by atoms with Crippen LogP contribution in [-0.2, 0) is 13.0 Å². The third kappa shape index (κ3) is 3.19. The molecule has 170 valence electrons. The lowest BCUT2D eigenvalue weighted by atomic mass is 9.89. The van der Waals surface area contributed by atoms with E-state index in [9.17, 15) is 9.59 Å². The van der Waals surface area contributed by atoms with Gasteiger partial charge in [0.15, 0.2) is 0 Å². The highest BCUT2D eigenvalue weighted by Crippen LogP contribution is 2.36. The second-order valence-corrected chi connectivity index (χ2v) is 10.0. The molecule has 0 spiro atoms. The molecule has 5 heterocycles. The molecule has 4 aromatic rings. The van der Waals surface area contributed by atoms with Gasteiger partial charge < -0.3 is 14.6 Å². The number of thiophene rings is 1. The average Bonchev–Trinajstić information content (AvgIpc) is 3.56. The standard InChI is InChI=1S/C25H26N4O3S/c1-14-21-23(27-20-4-3-9-29(20)24(21)30)33-22(14)25(31)28-10-7-15(8-11-28)18-13-26-19-6-5-16(32-2)12-17(18)19/h5-6,12-13,15,26H,3-4,7-11H2,1-2H3. The smallest absolute Gasteiger partial charge is 0.264 e. The van der Waals surface area contributed by atoms with Gasteiger partial charge in [0.2, 0.25) is 0 Å². The normalized spacial score (nSPS) is 16.6. The van der Waals surface area contributed by atoms with Crippen molar-refractivity contribution < 1.29 is 9.53 Å². The summed E-state index contributed by atoms with van der Waals surface area (Å²) in [6, 6.07) is 6.10. The number of nitrogens with zero attached hydrogens (tertiary/aromatic N) is 3. The van der Waals surface area contributed by atoms with E-state index in [0.29, 0.717) is 34.1 Å². The molecule has 7 nitrogen and oxygen atoms in total. The van der Waals surface area contributed by atoms with Gasteiger partial charge in [0.25, 0.3) is 11.5 Å². The number of aromatic nitrogens is 3. The van der Waals surface area contributed by atoms with Crippen LogP contribution in [0, 0.1) is 6.92 Å². The summed E-state index contributed by atoms with van der Waals surface area (Å²) in [5.41, 5.74) is 3.19. The van der Waals surface area contributed by atoms with E-state index >= 15 is 0 Å². The molecule has 0 saturated carbocycles. The predicted octanol–water partition coefficient (Wildman–Crippen LogP) is 4.22. The summed E-state index contributed by atoms with van der Waals surface area (Å²) < 4.78 is 7.18. The van der Waals surface area contributed by atoms with Crippen LogP contribution in [0.2, 0.25) is 0 Å². The van der Waals surface area contributed by atoms with E-state index in [0.717, 1.165) is 54.9 Å². The minimum absolute atomic E-state index is 0.00812. The molecule has 0 bridgehead atoms. The Morgan fingerprint density at radius 3 is 2.85 bits per heavy atom. The van der Waals surface area contributed by atoms with Crippen LogP contribution in [0.1, 0.15) is 51.8 Å². The molecule has 0 aliphatic carbocycles. The minimum Gasteiger partial charge on any atom is -0.497 e. The van der Waals surface area contributed by atoms with Crippen LogP contribution in [0.4, 0.5) is 0 Å². The molecule has 6 rings (SSSR count). The monoisotopic (exact) mass is 462 g/mol. The number of likely N-dealkylation sites (tertiary alicyclic amines) is 1. The Bertz CT molecular complexity index is 1460. The third-order valence-electron chi connectivity index (χ3n) is 7.25. The van der Waals surface area contributed by atoms with Crippen LogP contribution < -0.4 is 10.3 Å². The van der Waals surface area contributed by atoms with Gasteiger partial charge in [0.1, 0.15) is 16.4 Å². The highest BCUT2D eigenvalue weighted by atomic mass is 32.1. The van der Waals surface area contributed by atoms with E-state index < -0.39 is 0 Å². The number of amides is 1. The number of piperidine rings is 1. The lowest BCUT2D eigenvalue weighted by molar-refractivity contribution is 0.0717. The summed E-state index contributed by atoms with van der Waals surface area (Å²) in [5, 5.41) is 1.82. The van der Waals surface area contributed by atoms with E-state index in [4.69, 9.17) is 9.72 Å². The molecule has 0 atom stereocenters. The van der Waals surface area contributed by atoms with Gasteiger partial charge in [-0.05, 0) is 61.4 Å². The summed E-state index contributed by atoms with van der Waals surface area (Å²) in [4.78, 5) is 37.8. The van der Waals surface area contributed by atoms with Crippen LogP contribution in [0.25, 0.3) is 21.1 Å². The van der Waals surface area contributed by atoms with E-state index in [1.807, 2.05) is 24.0 Å². The maximum Gasteiger partial charge on any atom is 0.264 e. The van der Waals surface area contributed by atoms with Crippen LogP contribution in [0.3, 0.4) is 0 Å². The van der Waals surface area contributed by atoms with Crippen LogP contribution >= 0.6 is 11.3 Å². The molecule has 8 heteroatoms. The number of hydrogen-bond donors (Lipinski definition) is 1. The molecule has 0 radical (unpaired) electrons. The van der Waals surface area contributed by atoms with E-state index in [1.165, 1.54) is 22.3 Å². The molecule has 0 unspecified atom stereocenters. The fourth-order valence-electron chi connectivity index (χ4n) is 5.40. The topological polar surface area (TPSA) is 80.2 Å². The molecule has 3 aromatic heterocycles. The second-order valence-electron chi connectivity index (χ2n) is 9.05. The summed E-state index contributed by atoms with van der Waals surface area (Å²) in [7, 11) is 1.69. The number of benzene rings is 1. The molecule has 33 heavy (non-hydrogen) atoms. The molecule has 1 fully saturated rings. The Hall–Kier alpha value is -3.13. The minimum atomic E-state index is 0.00812. The van der Waals surface area contributed by atoms with E-state index in [-0.39, 0.29) is 11.5 Å². The maximum absolute atomic E-state index is 13.4. The van der Waals surface area contributed by atoms with Gasteiger partial charge in [-0.1, -0.05) is 0 Å². The van der Waals surface area contributed by atoms with Crippen molar-refractivity contribution in [2.45, 2.75) is 45.1 Å². The Morgan fingerprint density at radius 1 is 1.24 bits per heavy atom. The van der Waals surface area contributed by atoms with Crippen LogP contribution in [-0.4, -0.2) is 45.5 Å². The van der Waals surface area contributed by atoms with E-state index in [2.05, 4.69) is 17.2 Å². The van der Waals surface area contributed by atoms with E-state index in [1.54, 1.807) is 11.7 Å². The number of rotatable bonds is 3. The first-order valence-corrected chi connectivity index (χ1v) is 12.3. The number of aryl methyl sites for hydroxylation is 2. The van der Waals surface area contributed by atoms with Crippen LogP contribution in [0.5, 0.6) is 5.75 Å². The highest BCUT2D eigenvalue weighted by molar-refractivity contribution is 7.20. The first kappa shape index (κ1) is 20.5. The molecule has 1 amide bonds. The zero-order chi connectivity index (χ0) is 22.7. The number of fused-ring (bicyclic) bond motifs is 3. The van der Waals surface area contributed by atoms with Gasteiger partial charge in [-0.3, -0.25) is 14.2 Å². The number of ether oxygens (including phenoxy) is 1. The van der Waals surface area contributed by atoms with Crippen LogP contribution in [0.15, 0.2) is 29.2 Å². The SMILES string of the molecule is COc1ccc2[nH]cc(C3CCN(C(=O)c4sc5nc6n(c(=O)c5c4C)CCC6)CC3)c2c1. The molecular formula is C25H26N4O3S.